The Morgan fingerprint density at radius 3 is 3.00 bits per heavy atom. The molecule has 1 N–H and O–H groups in total. The maximum absolute atomic E-state index is 5.57. The third-order valence-electron chi connectivity index (χ3n) is 2.66. The molecular weight excluding hydrogens is 232 g/mol. The van der Waals surface area contributed by atoms with Crippen molar-refractivity contribution >= 4 is 11.5 Å². The summed E-state index contributed by atoms with van der Waals surface area (Å²) in [4.78, 5) is 4.08. The summed E-state index contributed by atoms with van der Waals surface area (Å²) in [6.07, 6.45) is 3.28. The zero-order valence-electron chi connectivity index (χ0n) is 10.0. The number of fused-ring (bicyclic) bond motifs is 1. The number of anilines is 1. The monoisotopic (exact) mass is 244 g/mol. The van der Waals surface area contributed by atoms with E-state index in [2.05, 4.69) is 25.8 Å². The van der Waals surface area contributed by atoms with Crippen molar-refractivity contribution in [1.29, 1.82) is 0 Å². The fourth-order valence-electron chi connectivity index (χ4n) is 1.75. The maximum atomic E-state index is 5.57. The zero-order valence-corrected chi connectivity index (χ0v) is 10.0. The van der Waals surface area contributed by atoms with Gasteiger partial charge in [0, 0.05) is 0 Å². The highest BCUT2D eigenvalue weighted by molar-refractivity contribution is 5.44. The van der Waals surface area contributed by atoms with Gasteiger partial charge in [-0.05, 0) is 36.4 Å². The van der Waals surface area contributed by atoms with Gasteiger partial charge in [-0.2, -0.15) is 4.52 Å². The summed E-state index contributed by atoms with van der Waals surface area (Å²) < 4.78 is 7.16. The van der Waals surface area contributed by atoms with Crippen LogP contribution in [0.25, 0.3) is 5.65 Å². The number of tetrazole rings is 1. The average molecular weight is 244 g/mol. The van der Waals surface area contributed by atoms with E-state index >= 15 is 0 Å². The van der Waals surface area contributed by atoms with Crippen LogP contribution in [-0.2, 0) is 0 Å². The predicted octanol–water partition coefficient (Wildman–Crippen LogP) is 1.59. The Morgan fingerprint density at radius 2 is 2.22 bits per heavy atom. The molecule has 0 aliphatic carbocycles. The van der Waals surface area contributed by atoms with Gasteiger partial charge in [-0.15, -0.1) is 5.10 Å². The number of furan rings is 1. The first-order chi connectivity index (χ1) is 8.74. The van der Waals surface area contributed by atoms with E-state index in [0.29, 0.717) is 5.65 Å². The minimum Gasteiger partial charge on any atom is -0.464 e. The Bertz CT molecular complexity index is 673. The van der Waals surface area contributed by atoms with Crippen molar-refractivity contribution in [3.8, 4) is 0 Å². The number of hydrogen-bond donors (Lipinski definition) is 1. The number of rotatable bonds is 3. The summed E-state index contributed by atoms with van der Waals surface area (Å²) >= 11 is 0. The van der Waals surface area contributed by atoms with Crippen LogP contribution in [-0.4, -0.2) is 25.0 Å². The summed E-state index contributed by atoms with van der Waals surface area (Å²) in [5.74, 6) is 2.47. The van der Waals surface area contributed by atoms with Gasteiger partial charge in [-0.1, -0.05) is 0 Å². The molecule has 0 aromatic carbocycles. The smallest absolute Gasteiger partial charge is 0.199 e. The molecule has 1 unspecified atom stereocenters. The first kappa shape index (κ1) is 10.7. The lowest BCUT2D eigenvalue weighted by Crippen LogP contribution is -2.10. The molecule has 92 valence electrons. The Kier molecular flexibility index (Phi) is 2.44. The highest BCUT2D eigenvalue weighted by atomic mass is 16.3. The van der Waals surface area contributed by atoms with E-state index in [-0.39, 0.29) is 6.04 Å². The van der Waals surface area contributed by atoms with Crippen LogP contribution in [0.3, 0.4) is 0 Å². The lowest BCUT2D eigenvalue weighted by atomic mass is 10.2. The van der Waals surface area contributed by atoms with Crippen LogP contribution in [0.15, 0.2) is 28.9 Å². The third kappa shape index (κ3) is 1.79. The molecule has 0 saturated heterocycles. The van der Waals surface area contributed by atoms with E-state index in [1.807, 2.05) is 26.0 Å². The van der Waals surface area contributed by atoms with Crippen LogP contribution >= 0.6 is 0 Å². The summed E-state index contributed by atoms with van der Waals surface area (Å²) in [6, 6.07) is 3.89. The first-order valence-corrected chi connectivity index (χ1v) is 5.59. The van der Waals surface area contributed by atoms with Gasteiger partial charge in [0.15, 0.2) is 11.5 Å². The second-order valence-corrected chi connectivity index (χ2v) is 4.06. The van der Waals surface area contributed by atoms with Gasteiger partial charge in [0.05, 0.1) is 18.4 Å². The molecule has 3 aromatic heterocycles. The van der Waals surface area contributed by atoms with Crippen LogP contribution < -0.4 is 5.32 Å². The van der Waals surface area contributed by atoms with Gasteiger partial charge in [0.25, 0.3) is 0 Å². The Morgan fingerprint density at radius 1 is 1.33 bits per heavy atom. The van der Waals surface area contributed by atoms with E-state index in [9.17, 15) is 0 Å². The second-order valence-electron chi connectivity index (χ2n) is 4.06. The fourth-order valence-corrected chi connectivity index (χ4v) is 1.75. The summed E-state index contributed by atoms with van der Waals surface area (Å²) in [7, 11) is 0. The minimum atomic E-state index is 0.00954. The number of aromatic nitrogens is 5. The molecule has 7 heteroatoms. The SMILES string of the molecule is Cc1ccc(C(C)Nc2cncc3nnnn23)o1. The zero-order chi connectivity index (χ0) is 12.5. The molecule has 1 atom stereocenters. The lowest BCUT2D eigenvalue weighted by molar-refractivity contribution is 0.466. The molecule has 3 heterocycles. The number of nitrogens with zero attached hydrogens (tertiary/aromatic N) is 5. The van der Waals surface area contributed by atoms with Crippen LogP contribution in [0, 0.1) is 6.92 Å². The first-order valence-electron chi connectivity index (χ1n) is 5.59. The van der Waals surface area contributed by atoms with E-state index in [1.165, 1.54) is 0 Å². The molecule has 3 aromatic rings. The molecule has 0 aliphatic rings. The van der Waals surface area contributed by atoms with E-state index in [1.54, 1.807) is 16.9 Å². The van der Waals surface area contributed by atoms with Crippen LogP contribution in [0.5, 0.6) is 0 Å². The highest BCUT2D eigenvalue weighted by Crippen LogP contribution is 2.20. The van der Waals surface area contributed by atoms with Crippen LogP contribution in [0.2, 0.25) is 0 Å². The normalized spacial score (nSPS) is 12.8. The molecule has 0 aliphatic heterocycles. The van der Waals surface area contributed by atoms with Crippen molar-refractivity contribution in [2.24, 2.45) is 0 Å². The van der Waals surface area contributed by atoms with Gasteiger partial charge in [-0.3, -0.25) is 4.98 Å². The fraction of sp³-hybridized carbons (Fsp3) is 0.273. The lowest BCUT2D eigenvalue weighted by Gasteiger charge is -2.12. The largest absolute Gasteiger partial charge is 0.464 e. The molecule has 3 rings (SSSR count). The summed E-state index contributed by atoms with van der Waals surface area (Å²) in [5.41, 5.74) is 0.600. The summed E-state index contributed by atoms with van der Waals surface area (Å²) in [6.45, 7) is 3.92. The molecule has 0 bridgehead atoms. The molecule has 0 fully saturated rings. The van der Waals surface area contributed by atoms with Crippen molar-refractivity contribution in [3.63, 3.8) is 0 Å². The van der Waals surface area contributed by atoms with Crippen molar-refractivity contribution in [1.82, 2.24) is 25.0 Å². The van der Waals surface area contributed by atoms with Crippen LogP contribution in [0.4, 0.5) is 5.82 Å². The van der Waals surface area contributed by atoms with Crippen molar-refractivity contribution in [2.75, 3.05) is 5.32 Å². The predicted molar refractivity (Wildman–Crippen MR) is 64.1 cm³/mol. The Balaban J connectivity index is 1.90. The van der Waals surface area contributed by atoms with Gasteiger partial charge < -0.3 is 9.73 Å². The minimum absolute atomic E-state index is 0.00954. The third-order valence-corrected chi connectivity index (χ3v) is 2.66. The molecule has 7 nitrogen and oxygen atoms in total. The second kappa shape index (κ2) is 4.10. The van der Waals surface area contributed by atoms with Crippen molar-refractivity contribution in [3.05, 3.63) is 36.0 Å². The quantitative estimate of drug-likeness (QED) is 0.753. The van der Waals surface area contributed by atoms with Gasteiger partial charge in [-0.25, -0.2) is 0 Å². The Hall–Kier alpha value is -2.44. The van der Waals surface area contributed by atoms with E-state index < -0.39 is 0 Å². The molecule has 0 spiro atoms. The van der Waals surface area contributed by atoms with E-state index in [0.717, 1.165) is 17.3 Å². The van der Waals surface area contributed by atoms with Crippen molar-refractivity contribution < 1.29 is 4.42 Å². The van der Waals surface area contributed by atoms with Gasteiger partial charge >= 0.3 is 0 Å². The van der Waals surface area contributed by atoms with Gasteiger partial charge in [0.1, 0.15) is 11.5 Å². The molecule has 0 radical (unpaired) electrons. The number of nitrogens with one attached hydrogen (secondary N) is 1. The Labute approximate surface area is 103 Å². The van der Waals surface area contributed by atoms with Crippen LogP contribution in [0.1, 0.15) is 24.5 Å². The number of aryl methyl sites for hydroxylation is 1. The average Bonchev–Trinajstić information content (AvgIpc) is 2.97. The molecule has 18 heavy (non-hydrogen) atoms. The standard InChI is InChI=1S/C11H12N6O/c1-7-3-4-9(18-7)8(2)13-10-5-12-6-11-14-15-16-17(10)11/h3-6,8,13H,1-2H3. The highest BCUT2D eigenvalue weighted by Gasteiger charge is 2.12. The van der Waals surface area contributed by atoms with Crippen molar-refractivity contribution in [2.45, 2.75) is 19.9 Å². The van der Waals surface area contributed by atoms with Gasteiger partial charge in [0.2, 0.25) is 0 Å². The topological polar surface area (TPSA) is 81.1 Å². The maximum Gasteiger partial charge on any atom is 0.199 e. The van der Waals surface area contributed by atoms with E-state index in [4.69, 9.17) is 4.42 Å². The summed E-state index contributed by atoms with van der Waals surface area (Å²) in [5, 5.41) is 14.6. The molecule has 0 amide bonds. The molecule has 0 saturated carbocycles. The molecular formula is C11H12N6O. The number of hydrogen-bond acceptors (Lipinski definition) is 6.